The van der Waals surface area contributed by atoms with Crippen LogP contribution < -0.4 is 16.0 Å². The highest BCUT2D eigenvalue weighted by molar-refractivity contribution is 4.74. The molecule has 1 atom stereocenters. The van der Waals surface area contributed by atoms with Crippen LogP contribution in [0.15, 0.2) is 0 Å². The van der Waals surface area contributed by atoms with Gasteiger partial charge in [0.05, 0.1) is 0 Å². The van der Waals surface area contributed by atoms with Crippen LogP contribution in [0.4, 0.5) is 0 Å². The van der Waals surface area contributed by atoms with E-state index in [2.05, 4.69) is 43.1 Å². The molecule has 109 valence electrons. The van der Waals surface area contributed by atoms with E-state index >= 15 is 0 Å². The average molecular weight is 256 g/mol. The zero-order valence-electron chi connectivity index (χ0n) is 12.7. The molecule has 0 rings (SSSR count). The number of nitrogens with one attached hydrogen (secondary N) is 3. The largest absolute Gasteiger partial charge is 0.317 e. The highest BCUT2D eigenvalue weighted by Crippen LogP contribution is 2.08. The quantitative estimate of drug-likeness (QED) is 0.418. The van der Waals surface area contributed by atoms with Gasteiger partial charge in [0.1, 0.15) is 0 Å². The summed E-state index contributed by atoms with van der Waals surface area (Å²) in [5.74, 6) is 0. The molecule has 0 saturated carbocycles. The summed E-state index contributed by atoms with van der Waals surface area (Å²) in [6.07, 6.45) is 8.81. The molecule has 0 spiro atoms. The van der Waals surface area contributed by atoms with E-state index in [1.54, 1.807) is 0 Å². The van der Waals surface area contributed by atoms with E-state index in [9.17, 15) is 0 Å². The molecule has 0 heterocycles. The molecule has 0 fully saturated rings. The topological polar surface area (TPSA) is 36.1 Å². The molecule has 3 N–H and O–H groups in total. The van der Waals surface area contributed by atoms with Crippen LogP contribution in [0.2, 0.25) is 0 Å². The maximum atomic E-state index is 3.60. The minimum atomic E-state index is 0.703. The van der Waals surface area contributed by atoms with Crippen LogP contribution >= 0.6 is 0 Å². The summed E-state index contributed by atoms with van der Waals surface area (Å²) in [6, 6.07) is 0.703. The van der Waals surface area contributed by atoms with E-state index in [4.69, 9.17) is 0 Å². The van der Waals surface area contributed by atoms with Gasteiger partial charge in [-0.05, 0) is 64.8 Å². The first-order chi connectivity index (χ1) is 8.85. The number of hydrogen-bond acceptors (Lipinski definition) is 3. The van der Waals surface area contributed by atoms with Gasteiger partial charge < -0.3 is 16.0 Å². The normalized spacial score (nSPS) is 11.3. The van der Waals surface area contributed by atoms with E-state index in [0.29, 0.717) is 6.04 Å². The average Bonchev–Trinajstić information content (AvgIpc) is 2.38. The second kappa shape index (κ2) is 14.9. The fourth-order valence-electron chi connectivity index (χ4n) is 2.12. The lowest BCUT2D eigenvalue weighted by Crippen LogP contribution is -2.29. The van der Waals surface area contributed by atoms with Crippen LogP contribution in [0.5, 0.6) is 0 Å². The molecule has 0 aromatic rings. The van der Waals surface area contributed by atoms with Gasteiger partial charge in [0.25, 0.3) is 0 Å². The Labute approximate surface area is 114 Å². The van der Waals surface area contributed by atoms with Gasteiger partial charge >= 0.3 is 0 Å². The van der Waals surface area contributed by atoms with Gasteiger partial charge in [0.2, 0.25) is 0 Å². The van der Waals surface area contributed by atoms with Crippen LogP contribution in [-0.2, 0) is 0 Å². The molecule has 18 heavy (non-hydrogen) atoms. The van der Waals surface area contributed by atoms with E-state index in [1.165, 1.54) is 38.6 Å². The highest BCUT2D eigenvalue weighted by atomic mass is 14.9. The van der Waals surface area contributed by atoms with Crippen molar-refractivity contribution < 1.29 is 0 Å². The summed E-state index contributed by atoms with van der Waals surface area (Å²) in [5.41, 5.74) is 0. The summed E-state index contributed by atoms with van der Waals surface area (Å²) in [6.45, 7) is 12.0. The summed E-state index contributed by atoms with van der Waals surface area (Å²) in [7, 11) is 0. The lowest BCUT2D eigenvalue weighted by molar-refractivity contribution is 0.439. The van der Waals surface area contributed by atoms with Crippen LogP contribution in [0.25, 0.3) is 0 Å². The van der Waals surface area contributed by atoms with E-state index in [1.807, 2.05) is 0 Å². The predicted molar refractivity (Wildman–Crippen MR) is 81.9 cm³/mol. The first-order valence-corrected chi connectivity index (χ1v) is 7.81. The fourth-order valence-corrected chi connectivity index (χ4v) is 2.12. The summed E-state index contributed by atoms with van der Waals surface area (Å²) in [5, 5.41) is 10.3. The lowest BCUT2D eigenvalue weighted by Gasteiger charge is -2.17. The molecule has 0 aromatic heterocycles. The third kappa shape index (κ3) is 12.3. The Morgan fingerprint density at radius 3 is 2.33 bits per heavy atom. The van der Waals surface area contributed by atoms with Crippen molar-refractivity contribution in [2.75, 3.05) is 32.7 Å². The van der Waals surface area contributed by atoms with Crippen LogP contribution in [0.1, 0.15) is 52.9 Å². The van der Waals surface area contributed by atoms with Gasteiger partial charge in [0.15, 0.2) is 0 Å². The smallest absolute Gasteiger partial charge is 0.00670 e. The van der Waals surface area contributed by atoms with Crippen molar-refractivity contribution in [2.45, 2.75) is 58.9 Å². The van der Waals surface area contributed by atoms with Gasteiger partial charge in [-0.1, -0.05) is 27.2 Å². The van der Waals surface area contributed by atoms with E-state index < -0.39 is 0 Å². The molecule has 0 aliphatic heterocycles. The van der Waals surface area contributed by atoms with Gasteiger partial charge in [-0.15, -0.1) is 0 Å². The van der Waals surface area contributed by atoms with E-state index in [0.717, 1.165) is 26.2 Å². The molecule has 0 aliphatic carbocycles. The molecule has 3 nitrogen and oxygen atoms in total. The molecule has 1 radical (unpaired) electrons. The Morgan fingerprint density at radius 2 is 1.67 bits per heavy atom. The Kier molecular flexibility index (Phi) is 14.8. The molecule has 0 aromatic carbocycles. The first kappa shape index (κ1) is 17.9. The second-order valence-corrected chi connectivity index (χ2v) is 4.78. The SMILES string of the molecule is CCNC[CH]CCC(CCCCNCC)NCC. The number of hydrogen-bond donors (Lipinski definition) is 3. The minimum absolute atomic E-state index is 0.703. The third-order valence-corrected chi connectivity index (χ3v) is 3.16. The molecule has 0 bridgehead atoms. The van der Waals surface area contributed by atoms with Gasteiger partial charge in [0, 0.05) is 6.04 Å². The molecule has 0 saturated heterocycles. The monoisotopic (exact) mass is 256 g/mol. The zero-order valence-corrected chi connectivity index (χ0v) is 12.7. The lowest BCUT2D eigenvalue weighted by atomic mass is 10.0. The van der Waals surface area contributed by atoms with Crippen molar-refractivity contribution in [3.8, 4) is 0 Å². The van der Waals surface area contributed by atoms with Crippen molar-refractivity contribution >= 4 is 0 Å². The summed E-state index contributed by atoms with van der Waals surface area (Å²) in [4.78, 5) is 0. The molecule has 1 unspecified atom stereocenters. The van der Waals surface area contributed by atoms with Crippen molar-refractivity contribution in [1.29, 1.82) is 0 Å². The molecular weight excluding hydrogens is 222 g/mol. The number of unbranched alkanes of at least 4 members (excludes halogenated alkanes) is 2. The Hall–Kier alpha value is -0.120. The van der Waals surface area contributed by atoms with E-state index in [-0.39, 0.29) is 0 Å². The fraction of sp³-hybridized carbons (Fsp3) is 0.933. The standard InChI is InChI=1S/C15H34N3/c1-4-16-13-9-7-11-15(18-6-3)12-8-10-14-17-5-2/h9,15-18H,4-8,10-14H2,1-3H3. The number of rotatable bonds is 14. The van der Waals surface area contributed by atoms with Crippen molar-refractivity contribution in [3.63, 3.8) is 0 Å². The van der Waals surface area contributed by atoms with Gasteiger partial charge in [-0.3, -0.25) is 0 Å². The Morgan fingerprint density at radius 1 is 0.889 bits per heavy atom. The second-order valence-electron chi connectivity index (χ2n) is 4.78. The molecule has 0 amide bonds. The zero-order chi connectivity index (χ0) is 13.5. The summed E-state index contributed by atoms with van der Waals surface area (Å²) < 4.78 is 0. The van der Waals surface area contributed by atoms with Crippen molar-refractivity contribution in [2.24, 2.45) is 0 Å². The Bertz CT molecular complexity index is 137. The van der Waals surface area contributed by atoms with Crippen LogP contribution in [0, 0.1) is 6.42 Å². The van der Waals surface area contributed by atoms with Crippen LogP contribution in [-0.4, -0.2) is 38.8 Å². The van der Waals surface area contributed by atoms with Crippen LogP contribution in [0.3, 0.4) is 0 Å². The summed E-state index contributed by atoms with van der Waals surface area (Å²) >= 11 is 0. The highest BCUT2D eigenvalue weighted by Gasteiger charge is 2.06. The molecule has 0 aliphatic rings. The molecular formula is C15H34N3. The third-order valence-electron chi connectivity index (χ3n) is 3.16. The van der Waals surface area contributed by atoms with Crippen molar-refractivity contribution in [1.82, 2.24) is 16.0 Å². The van der Waals surface area contributed by atoms with Gasteiger partial charge in [-0.2, -0.15) is 0 Å². The predicted octanol–water partition coefficient (Wildman–Crippen LogP) is 2.34. The van der Waals surface area contributed by atoms with Gasteiger partial charge in [-0.25, -0.2) is 0 Å². The first-order valence-electron chi connectivity index (χ1n) is 7.81. The van der Waals surface area contributed by atoms with Crippen molar-refractivity contribution in [3.05, 3.63) is 6.42 Å². The minimum Gasteiger partial charge on any atom is -0.317 e. The Balaban J connectivity index is 3.45. The maximum Gasteiger partial charge on any atom is 0.00670 e. The maximum absolute atomic E-state index is 3.60. The molecule has 3 heteroatoms.